The van der Waals surface area contributed by atoms with Crippen LogP contribution in [0.1, 0.15) is 12.8 Å². The Morgan fingerprint density at radius 1 is 1.18 bits per heavy atom. The molecule has 0 aromatic heterocycles. The van der Waals surface area contributed by atoms with Crippen LogP contribution >= 0.6 is 0 Å². The maximum atomic E-state index is 3.91. The van der Waals surface area contributed by atoms with Crippen molar-refractivity contribution in [3.8, 4) is 0 Å². The lowest BCUT2D eigenvalue weighted by Gasteiger charge is -2.22. The first-order valence-electron chi connectivity index (χ1n) is 3.97. The van der Waals surface area contributed by atoms with Crippen LogP contribution in [-0.2, 0) is 0 Å². The zero-order valence-electron chi connectivity index (χ0n) is 6.27. The van der Waals surface area contributed by atoms with Crippen molar-refractivity contribution in [2.45, 2.75) is 19.0 Å². The van der Waals surface area contributed by atoms with E-state index in [-0.39, 0.29) is 6.17 Å². The second-order valence-electron chi connectivity index (χ2n) is 2.93. The Morgan fingerprint density at radius 3 is 2.64 bits per heavy atom. The molecule has 1 fully saturated rings. The zero-order chi connectivity index (χ0) is 7.52. The van der Waals surface area contributed by atoms with E-state index in [1.165, 1.54) is 12.8 Å². The third kappa shape index (κ3) is 1.42. The highest BCUT2D eigenvalue weighted by atomic mass is 15.6. The number of piperidine rings is 1. The van der Waals surface area contributed by atoms with Gasteiger partial charge in [-0.05, 0) is 29.8 Å². The van der Waals surface area contributed by atoms with E-state index < -0.39 is 0 Å². The molecule has 5 nitrogen and oxygen atoms in total. The lowest BCUT2D eigenvalue weighted by Crippen LogP contribution is -2.34. The van der Waals surface area contributed by atoms with Gasteiger partial charge in [-0.3, -0.25) is 0 Å². The van der Waals surface area contributed by atoms with Gasteiger partial charge in [-0.25, -0.2) is 0 Å². The molecule has 2 heterocycles. The van der Waals surface area contributed by atoms with Gasteiger partial charge < -0.3 is 5.32 Å². The van der Waals surface area contributed by atoms with E-state index in [4.69, 9.17) is 0 Å². The molecule has 0 radical (unpaired) electrons. The predicted octanol–water partition coefficient (Wildman–Crippen LogP) is 1.15. The number of nitrogens with one attached hydrogen (secondary N) is 1. The maximum Gasteiger partial charge on any atom is 0.189 e. The number of rotatable bonds is 1. The Labute approximate surface area is 65.0 Å². The molecule has 60 valence electrons. The second kappa shape index (κ2) is 3.04. The molecule has 0 aromatic rings. The van der Waals surface area contributed by atoms with Gasteiger partial charge in [-0.2, -0.15) is 0 Å². The smallest absolute Gasteiger partial charge is 0.189 e. The minimum Gasteiger partial charge on any atom is -0.316 e. The van der Waals surface area contributed by atoms with Gasteiger partial charge in [0, 0.05) is 12.5 Å². The first kappa shape index (κ1) is 6.84. The predicted molar refractivity (Wildman–Crippen MR) is 39.1 cm³/mol. The zero-order valence-corrected chi connectivity index (χ0v) is 6.27. The quantitative estimate of drug-likeness (QED) is 0.603. The largest absolute Gasteiger partial charge is 0.316 e. The molecule has 1 unspecified atom stereocenters. The van der Waals surface area contributed by atoms with Crippen LogP contribution < -0.4 is 5.32 Å². The Bertz CT molecular complexity index is 169. The molecule has 5 heteroatoms. The molecule has 1 atom stereocenters. The highest BCUT2D eigenvalue weighted by molar-refractivity contribution is 4.78. The molecule has 2 aliphatic rings. The summed E-state index contributed by atoms with van der Waals surface area (Å²) in [7, 11) is 0. The minimum absolute atomic E-state index is 0.00259. The monoisotopic (exact) mass is 153 g/mol. The van der Waals surface area contributed by atoms with Gasteiger partial charge in [0.05, 0.1) is 0 Å². The molecule has 0 amide bonds. The van der Waals surface area contributed by atoms with Gasteiger partial charge in [0.1, 0.15) is 0 Å². The van der Waals surface area contributed by atoms with Crippen molar-refractivity contribution in [2.24, 2.45) is 26.6 Å². The van der Waals surface area contributed by atoms with E-state index in [1.807, 2.05) is 0 Å². The van der Waals surface area contributed by atoms with Crippen LogP contribution in [0.25, 0.3) is 0 Å². The van der Waals surface area contributed by atoms with Crippen molar-refractivity contribution in [3.05, 3.63) is 0 Å². The van der Waals surface area contributed by atoms with Crippen LogP contribution in [-0.4, -0.2) is 19.3 Å². The van der Waals surface area contributed by atoms with Crippen LogP contribution in [0.15, 0.2) is 20.7 Å². The van der Waals surface area contributed by atoms with Gasteiger partial charge >= 0.3 is 0 Å². The Morgan fingerprint density at radius 2 is 2.00 bits per heavy atom. The molecule has 0 spiro atoms. The fourth-order valence-electron chi connectivity index (χ4n) is 1.50. The number of nitrogens with zero attached hydrogens (tertiary/aromatic N) is 4. The summed E-state index contributed by atoms with van der Waals surface area (Å²) >= 11 is 0. The molecule has 0 aromatic carbocycles. The van der Waals surface area contributed by atoms with Crippen molar-refractivity contribution >= 4 is 0 Å². The van der Waals surface area contributed by atoms with E-state index >= 15 is 0 Å². The van der Waals surface area contributed by atoms with Crippen LogP contribution in [0.2, 0.25) is 0 Å². The molecule has 0 saturated carbocycles. The average Bonchev–Trinajstić information content (AvgIpc) is 2.58. The molecule has 2 aliphatic heterocycles. The Balaban J connectivity index is 1.92. The SMILES string of the molecule is C1CNCC(C2N=NN=N2)C1. The van der Waals surface area contributed by atoms with E-state index in [2.05, 4.69) is 26.0 Å². The van der Waals surface area contributed by atoms with Crippen LogP contribution in [0.4, 0.5) is 0 Å². The van der Waals surface area contributed by atoms with Crippen molar-refractivity contribution in [1.29, 1.82) is 0 Å². The molecular weight excluding hydrogens is 142 g/mol. The van der Waals surface area contributed by atoms with Crippen molar-refractivity contribution in [1.82, 2.24) is 5.32 Å². The summed E-state index contributed by atoms with van der Waals surface area (Å²) < 4.78 is 0. The van der Waals surface area contributed by atoms with Gasteiger partial charge in [0.25, 0.3) is 0 Å². The Kier molecular flexibility index (Phi) is 1.89. The molecule has 0 aliphatic carbocycles. The van der Waals surface area contributed by atoms with Crippen molar-refractivity contribution < 1.29 is 0 Å². The Hall–Kier alpha value is -0.840. The van der Waals surface area contributed by atoms with E-state index in [0.29, 0.717) is 5.92 Å². The highest BCUT2D eigenvalue weighted by Crippen LogP contribution is 2.21. The molecule has 0 bridgehead atoms. The topological polar surface area (TPSA) is 61.5 Å². The average molecular weight is 153 g/mol. The standard InChI is InChI=1S/C6H11N5/c1-2-5(4-7-3-1)6-8-10-11-9-6/h5-7H,1-4H2. The summed E-state index contributed by atoms with van der Waals surface area (Å²) in [5, 5.41) is 18.1. The third-order valence-corrected chi connectivity index (χ3v) is 2.14. The van der Waals surface area contributed by atoms with E-state index in [0.717, 1.165) is 13.1 Å². The second-order valence-corrected chi connectivity index (χ2v) is 2.93. The molecule has 11 heavy (non-hydrogen) atoms. The third-order valence-electron chi connectivity index (χ3n) is 2.14. The van der Waals surface area contributed by atoms with Crippen LogP contribution in [0, 0.1) is 5.92 Å². The highest BCUT2D eigenvalue weighted by Gasteiger charge is 2.24. The van der Waals surface area contributed by atoms with Crippen molar-refractivity contribution in [3.63, 3.8) is 0 Å². The maximum absolute atomic E-state index is 3.91. The lowest BCUT2D eigenvalue weighted by molar-refractivity contribution is 0.327. The number of hydrogen-bond donors (Lipinski definition) is 1. The summed E-state index contributed by atoms with van der Waals surface area (Å²) in [6, 6.07) is 0. The fourth-order valence-corrected chi connectivity index (χ4v) is 1.50. The summed E-state index contributed by atoms with van der Waals surface area (Å²) in [6.45, 7) is 2.13. The van der Waals surface area contributed by atoms with Crippen molar-refractivity contribution in [2.75, 3.05) is 13.1 Å². The summed E-state index contributed by atoms with van der Waals surface area (Å²) in [5.41, 5.74) is 0. The molecule has 1 N–H and O–H groups in total. The van der Waals surface area contributed by atoms with Gasteiger partial charge in [0.2, 0.25) is 0 Å². The van der Waals surface area contributed by atoms with E-state index in [1.54, 1.807) is 0 Å². The number of hydrogen-bond acceptors (Lipinski definition) is 5. The summed E-state index contributed by atoms with van der Waals surface area (Å²) in [4.78, 5) is 0. The molecular formula is C6H11N5. The van der Waals surface area contributed by atoms with Crippen LogP contribution in [0.3, 0.4) is 0 Å². The molecule has 2 rings (SSSR count). The first-order valence-corrected chi connectivity index (χ1v) is 3.97. The van der Waals surface area contributed by atoms with Crippen LogP contribution in [0.5, 0.6) is 0 Å². The van der Waals surface area contributed by atoms with Gasteiger partial charge in [-0.15, -0.1) is 10.2 Å². The van der Waals surface area contributed by atoms with Gasteiger partial charge in [-0.1, -0.05) is 0 Å². The van der Waals surface area contributed by atoms with E-state index in [9.17, 15) is 0 Å². The fraction of sp³-hybridized carbons (Fsp3) is 1.00. The molecule has 1 saturated heterocycles. The normalized spacial score (nSPS) is 31.5. The minimum atomic E-state index is 0.00259. The lowest BCUT2D eigenvalue weighted by atomic mass is 9.97. The summed E-state index contributed by atoms with van der Waals surface area (Å²) in [5.74, 6) is 0.513. The first-order chi connectivity index (χ1) is 5.47. The summed E-state index contributed by atoms with van der Waals surface area (Å²) in [6.07, 6.45) is 2.41. The van der Waals surface area contributed by atoms with Gasteiger partial charge in [0.15, 0.2) is 6.17 Å².